The molecule has 4 nitrogen and oxygen atoms in total. The highest BCUT2D eigenvalue weighted by Gasteiger charge is 2.40. The zero-order chi connectivity index (χ0) is 29.4. The van der Waals surface area contributed by atoms with Gasteiger partial charge in [-0.05, 0) is 64.9 Å². The SMILES string of the molecule is O=C(OC1CCc2ccccc21)[C@H]1CC(c2c(F)cccc2F)=NC1c1ccc(-c2ccc(OC(F)(F)F)cc2)cc1. The monoisotopic (exact) mass is 577 g/mol. The molecule has 1 aliphatic carbocycles. The Bertz CT molecular complexity index is 1630. The maximum absolute atomic E-state index is 14.7. The fourth-order valence-electron chi connectivity index (χ4n) is 5.68. The number of hydrogen-bond donors (Lipinski definition) is 0. The maximum atomic E-state index is 14.7. The number of hydrogen-bond acceptors (Lipinski definition) is 4. The average Bonchev–Trinajstić information content (AvgIpc) is 3.58. The van der Waals surface area contributed by atoms with Crippen molar-refractivity contribution >= 4 is 11.7 Å². The van der Waals surface area contributed by atoms with Crippen molar-refractivity contribution in [3.63, 3.8) is 0 Å². The molecule has 1 aliphatic heterocycles. The Morgan fingerprint density at radius 3 is 2.12 bits per heavy atom. The second-order valence-corrected chi connectivity index (χ2v) is 10.3. The van der Waals surface area contributed by atoms with Gasteiger partial charge in [-0.2, -0.15) is 0 Å². The predicted octanol–water partition coefficient (Wildman–Crippen LogP) is 8.31. The Morgan fingerprint density at radius 1 is 0.810 bits per heavy atom. The number of ether oxygens (including phenoxy) is 2. The lowest BCUT2D eigenvalue weighted by Gasteiger charge is -2.21. The van der Waals surface area contributed by atoms with Crippen LogP contribution in [0.3, 0.4) is 0 Å². The van der Waals surface area contributed by atoms with E-state index in [1.165, 1.54) is 30.3 Å². The molecule has 0 saturated heterocycles. The number of benzene rings is 4. The Hall–Kier alpha value is -4.53. The van der Waals surface area contributed by atoms with Crippen molar-refractivity contribution in [1.82, 2.24) is 0 Å². The van der Waals surface area contributed by atoms with E-state index in [0.717, 1.165) is 29.7 Å². The smallest absolute Gasteiger partial charge is 0.457 e. The zero-order valence-electron chi connectivity index (χ0n) is 22.1. The summed E-state index contributed by atoms with van der Waals surface area (Å²) < 4.78 is 76.8. The van der Waals surface area contributed by atoms with Crippen LogP contribution in [0.5, 0.6) is 5.75 Å². The van der Waals surface area contributed by atoms with E-state index in [-0.39, 0.29) is 23.4 Å². The molecule has 9 heteroatoms. The Labute approximate surface area is 238 Å². The van der Waals surface area contributed by atoms with Crippen molar-refractivity contribution in [2.24, 2.45) is 10.9 Å². The highest BCUT2D eigenvalue weighted by atomic mass is 19.4. The van der Waals surface area contributed by atoms with Gasteiger partial charge in [0.2, 0.25) is 0 Å². The molecule has 0 aromatic heterocycles. The fourth-order valence-corrected chi connectivity index (χ4v) is 5.68. The molecule has 0 fully saturated rings. The zero-order valence-corrected chi connectivity index (χ0v) is 22.1. The molecule has 0 spiro atoms. The van der Waals surface area contributed by atoms with Crippen LogP contribution in [0.25, 0.3) is 11.1 Å². The van der Waals surface area contributed by atoms with Crippen LogP contribution in [0.4, 0.5) is 22.0 Å². The minimum absolute atomic E-state index is 0.00185. The van der Waals surface area contributed by atoms with E-state index >= 15 is 0 Å². The largest absolute Gasteiger partial charge is 0.573 e. The molecule has 2 unspecified atom stereocenters. The van der Waals surface area contributed by atoms with E-state index in [1.54, 1.807) is 24.3 Å². The number of nitrogens with zero attached hydrogens (tertiary/aromatic N) is 1. The number of fused-ring (bicyclic) bond motifs is 1. The van der Waals surface area contributed by atoms with Gasteiger partial charge in [0.1, 0.15) is 23.5 Å². The van der Waals surface area contributed by atoms with Gasteiger partial charge in [0, 0.05) is 12.1 Å². The minimum Gasteiger partial charge on any atom is -0.457 e. The summed E-state index contributed by atoms with van der Waals surface area (Å²) in [7, 11) is 0. The summed E-state index contributed by atoms with van der Waals surface area (Å²) in [5.74, 6) is -3.17. The maximum Gasteiger partial charge on any atom is 0.573 e. The van der Waals surface area contributed by atoms with Crippen molar-refractivity contribution in [2.75, 3.05) is 0 Å². The summed E-state index contributed by atoms with van der Waals surface area (Å²) >= 11 is 0. The van der Waals surface area contributed by atoms with Crippen LogP contribution in [0.15, 0.2) is 96.0 Å². The first kappa shape index (κ1) is 27.6. The second-order valence-electron chi connectivity index (χ2n) is 10.3. The lowest BCUT2D eigenvalue weighted by molar-refractivity contribution is -0.274. The molecule has 42 heavy (non-hydrogen) atoms. The lowest BCUT2D eigenvalue weighted by atomic mass is 9.90. The standard InChI is InChI=1S/C33H24F5NO3/c34-26-6-3-7-27(35)30(26)28-18-25(32(40)41-29-17-14-21-4-1-2-5-24(21)29)31(39-28)22-10-8-19(9-11-22)20-12-15-23(16-13-20)42-33(36,37)38/h1-13,15-16,25,29,31H,14,17-18H2/t25-,29?,31?/m0/s1. The molecule has 1 heterocycles. The van der Waals surface area contributed by atoms with E-state index in [2.05, 4.69) is 9.73 Å². The average molecular weight is 578 g/mol. The number of esters is 1. The predicted molar refractivity (Wildman–Crippen MR) is 146 cm³/mol. The first-order chi connectivity index (χ1) is 20.2. The molecule has 2 aliphatic rings. The van der Waals surface area contributed by atoms with Crippen molar-refractivity contribution < 1.29 is 36.2 Å². The third kappa shape index (κ3) is 5.64. The van der Waals surface area contributed by atoms with Crippen LogP contribution in [-0.2, 0) is 16.0 Å². The third-order valence-electron chi connectivity index (χ3n) is 7.65. The number of rotatable bonds is 6. The van der Waals surface area contributed by atoms with Gasteiger partial charge >= 0.3 is 12.3 Å². The first-order valence-electron chi connectivity index (χ1n) is 13.4. The van der Waals surface area contributed by atoms with Crippen LogP contribution >= 0.6 is 0 Å². The number of alkyl halides is 3. The molecule has 0 amide bonds. The van der Waals surface area contributed by atoms with Crippen molar-refractivity contribution in [1.29, 1.82) is 0 Å². The Kier molecular flexibility index (Phi) is 7.26. The van der Waals surface area contributed by atoms with Crippen LogP contribution in [0, 0.1) is 17.6 Å². The lowest BCUT2D eigenvalue weighted by Crippen LogP contribution is -2.23. The Morgan fingerprint density at radius 2 is 1.45 bits per heavy atom. The molecule has 0 N–H and O–H groups in total. The van der Waals surface area contributed by atoms with Gasteiger partial charge in [-0.3, -0.25) is 9.79 Å². The summed E-state index contributed by atoms with van der Waals surface area (Å²) in [5.41, 5.74) is 3.96. The van der Waals surface area contributed by atoms with Crippen LogP contribution in [0.2, 0.25) is 0 Å². The molecule has 6 rings (SSSR count). The fraction of sp³-hybridized carbons (Fsp3) is 0.212. The normalized spacial score (nSPS) is 19.7. The molecule has 4 aromatic rings. The summed E-state index contributed by atoms with van der Waals surface area (Å²) in [6.45, 7) is 0. The van der Waals surface area contributed by atoms with Crippen LogP contribution in [0.1, 0.15) is 47.2 Å². The van der Waals surface area contributed by atoms with Crippen LogP contribution < -0.4 is 4.74 Å². The van der Waals surface area contributed by atoms with E-state index in [9.17, 15) is 26.7 Å². The van der Waals surface area contributed by atoms with Crippen molar-refractivity contribution in [3.05, 3.63) is 125 Å². The number of aryl methyl sites for hydroxylation is 1. The van der Waals surface area contributed by atoms with E-state index in [4.69, 9.17) is 4.74 Å². The highest BCUT2D eigenvalue weighted by Crippen LogP contribution is 2.41. The summed E-state index contributed by atoms with van der Waals surface area (Å²) in [6.07, 6.45) is -3.75. The van der Waals surface area contributed by atoms with Gasteiger partial charge in [0.15, 0.2) is 0 Å². The third-order valence-corrected chi connectivity index (χ3v) is 7.65. The van der Waals surface area contributed by atoms with Gasteiger partial charge in [-0.25, -0.2) is 8.78 Å². The number of carbonyl (C=O) groups is 1. The molecule has 214 valence electrons. The Balaban J connectivity index is 1.28. The topological polar surface area (TPSA) is 47.9 Å². The van der Waals surface area contributed by atoms with Crippen molar-refractivity contribution in [2.45, 2.75) is 37.8 Å². The number of halogens is 5. The number of aliphatic imine (C=N–C) groups is 1. The van der Waals surface area contributed by atoms with Gasteiger partial charge < -0.3 is 9.47 Å². The molecular formula is C33H24F5NO3. The van der Waals surface area contributed by atoms with E-state index < -0.39 is 42.0 Å². The summed E-state index contributed by atoms with van der Waals surface area (Å²) in [4.78, 5) is 18.2. The molecular weight excluding hydrogens is 553 g/mol. The highest BCUT2D eigenvalue weighted by molar-refractivity contribution is 6.04. The molecule has 3 atom stereocenters. The first-order valence-corrected chi connectivity index (χ1v) is 13.4. The summed E-state index contributed by atoms with van der Waals surface area (Å²) in [6, 6.07) is 23.0. The number of carbonyl (C=O) groups excluding carboxylic acids is 1. The quantitative estimate of drug-likeness (QED) is 0.171. The second kappa shape index (κ2) is 11.0. The van der Waals surface area contributed by atoms with Crippen LogP contribution in [-0.4, -0.2) is 18.0 Å². The minimum atomic E-state index is -4.78. The summed E-state index contributed by atoms with van der Waals surface area (Å²) in [5, 5.41) is 0. The molecule has 0 radical (unpaired) electrons. The van der Waals surface area contributed by atoms with Gasteiger partial charge in [0.25, 0.3) is 0 Å². The van der Waals surface area contributed by atoms with Crippen molar-refractivity contribution in [3.8, 4) is 16.9 Å². The molecule has 4 aromatic carbocycles. The molecule has 0 saturated carbocycles. The van der Waals surface area contributed by atoms with E-state index in [1.807, 2.05) is 24.3 Å². The van der Waals surface area contributed by atoms with E-state index in [0.29, 0.717) is 23.1 Å². The molecule has 0 bridgehead atoms. The van der Waals surface area contributed by atoms with Gasteiger partial charge in [-0.15, -0.1) is 13.2 Å². The van der Waals surface area contributed by atoms with Gasteiger partial charge in [-0.1, -0.05) is 66.7 Å². The van der Waals surface area contributed by atoms with Gasteiger partial charge in [0.05, 0.1) is 17.5 Å².